The number of nitrogens with two attached hydrogens (primary N) is 1. The Hall–Kier alpha value is -3.40. The Bertz CT molecular complexity index is 1110. The normalized spacial score (nSPS) is 25.3. The highest BCUT2D eigenvalue weighted by molar-refractivity contribution is 6.06. The van der Waals surface area contributed by atoms with E-state index in [0.717, 1.165) is 5.56 Å². The summed E-state index contributed by atoms with van der Waals surface area (Å²) in [5.74, 6) is -0.542. The van der Waals surface area contributed by atoms with Crippen molar-refractivity contribution in [1.82, 2.24) is 15.0 Å². The Morgan fingerprint density at radius 2 is 2.00 bits per heavy atom. The quantitative estimate of drug-likeness (QED) is 0.489. The van der Waals surface area contributed by atoms with E-state index < -0.39 is 29.8 Å². The number of aromatic nitrogens is 3. The molecule has 3 heterocycles. The number of anilines is 2. The molecule has 0 aliphatic carbocycles. The number of nitrogens with one attached hydrogen (secondary N) is 1. The van der Waals surface area contributed by atoms with E-state index in [0.29, 0.717) is 16.9 Å². The zero-order chi connectivity index (χ0) is 22.9. The molecule has 4 atom stereocenters. The molecule has 1 saturated heterocycles. The second kappa shape index (κ2) is 8.62. The minimum atomic E-state index is -1.37. The number of ether oxygens (including phenoxy) is 1. The number of pyridine rings is 1. The first-order valence-corrected chi connectivity index (χ1v) is 10.3. The summed E-state index contributed by atoms with van der Waals surface area (Å²) in [6.07, 6.45) is 2.59. The predicted molar refractivity (Wildman–Crippen MR) is 119 cm³/mol. The van der Waals surface area contributed by atoms with Crippen LogP contribution in [0.3, 0.4) is 0 Å². The number of hydrogen-bond donors (Lipinski definition) is 4. The van der Waals surface area contributed by atoms with E-state index >= 15 is 0 Å². The molecule has 9 nitrogen and oxygen atoms in total. The number of aliphatic hydroxyl groups is 2. The fraction of sp³-hybridized carbons (Fsp3) is 0.304. The maximum atomic E-state index is 13.0. The fourth-order valence-corrected chi connectivity index (χ4v) is 3.64. The van der Waals surface area contributed by atoms with Crippen molar-refractivity contribution in [2.45, 2.75) is 44.2 Å². The van der Waals surface area contributed by atoms with Crippen LogP contribution in [0.2, 0.25) is 0 Å². The van der Waals surface area contributed by atoms with Crippen LogP contribution < -0.4 is 11.1 Å². The zero-order valence-corrected chi connectivity index (χ0v) is 17.8. The minimum absolute atomic E-state index is 0.00151. The van der Waals surface area contributed by atoms with Crippen LogP contribution in [0.4, 0.5) is 11.5 Å². The van der Waals surface area contributed by atoms with Gasteiger partial charge in [-0.25, -0.2) is 9.97 Å². The Morgan fingerprint density at radius 1 is 1.25 bits per heavy atom. The van der Waals surface area contributed by atoms with Crippen LogP contribution in [0.25, 0.3) is 11.3 Å². The van der Waals surface area contributed by atoms with Crippen LogP contribution in [0, 0.1) is 0 Å². The SMILES string of the molecule is C[C@H]1O[C@@H](c2ccncc2NC(=O)c2nc(-c3ccccc3)cnc2N)C[C@@H](O)[C@]1(C)O. The average Bonchev–Trinajstić information content (AvgIpc) is 2.78. The summed E-state index contributed by atoms with van der Waals surface area (Å²) < 4.78 is 5.94. The van der Waals surface area contributed by atoms with Crippen LogP contribution in [0.15, 0.2) is 55.0 Å². The molecular weight excluding hydrogens is 410 g/mol. The molecule has 1 aromatic carbocycles. The molecule has 0 unspecified atom stereocenters. The number of aliphatic hydroxyl groups excluding tert-OH is 1. The molecule has 32 heavy (non-hydrogen) atoms. The molecule has 4 rings (SSSR count). The van der Waals surface area contributed by atoms with Gasteiger partial charge in [0.25, 0.3) is 5.91 Å². The number of carbonyl (C=O) groups is 1. The highest BCUT2D eigenvalue weighted by Gasteiger charge is 2.44. The lowest BCUT2D eigenvalue weighted by Gasteiger charge is -2.43. The maximum Gasteiger partial charge on any atom is 0.278 e. The van der Waals surface area contributed by atoms with Gasteiger partial charge in [0.1, 0.15) is 5.60 Å². The van der Waals surface area contributed by atoms with Crippen molar-refractivity contribution in [2.24, 2.45) is 0 Å². The lowest BCUT2D eigenvalue weighted by atomic mass is 9.84. The van der Waals surface area contributed by atoms with Crippen LogP contribution in [-0.2, 0) is 4.74 Å². The molecule has 1 amide bonds. The molecular formula is C23H25N5O4. The Labute approximate surface area is 185 Å². The number of benzene rings is 1. The summed E-state index contributed by atoms with van der Waals surface area (Å²) in [6, 6.07) is 11.1. The minimum Gasteiger partial charge on any atom is -0.390 e. The molecule has 1 fully saturated rings. The molecule has 1 aliphatic heterocycles. The summed E-state index contributed by atoms with van der Waals surface area (Å²) in [6.45, 7) is 3.23. The number of rotatable bonds is 4. The second-order valence-corrected chi connectivity index (χ2v) is 8.02. The molecule has 0 saturated carbocycles. The third-order valence-electron chi connectivity index (χ3n) is 5.84. The first-order valence-electron chi connectivity index (χ1n) is 10.3. The largest absolute Gasteiger partial charge is 0.390 e. The van der Waals surface area contributed by atoms with Crippen molar-refractivity contribution >= 4 is 17.4 Å². The number of nitrogens with zero attached hydrogens (tertiary/aromatic N) is 3. The lowest BCUT2D eigenvalue weighted by Crippen LogP contribution is -2.54. The summed E-state index contributed by atoms with van der Waals surface area (Å²) in [5, 5.41) is 23.6. The molecule has 3 aromatic rings. The van der Waals surface area contributed by atoms with Gasteiger partial charge >= 0.3 is 0 Å². The van der Waals surface area contributed by atoms with E-state index in [2.05, 4.69) is 20.3 Å². The van der Waals surface area contributed by atoms with Gasteiger partial charge in [0.15, 0.2) is 11.5 Å². The van der Waals surface area contributed by atoms with Gasteiger partial charge < -0.3 is 26.0 Å². The van der Waals surface area contributed by atoms with Gasteiger partial charge in [0, 0.05) is 23.7 Å². The predicted octanol–water partition coefficient (Wildman–Crippen LogP) is 2.33. The summed E-state index contributed by atoms with van der Waals surface area (Å²) in [5.41, 5.74) is 6.91. The van der Waals surface area contributed by atoms with E-state index in [4.69, 9.17) is 10.5 Å². The molecule has 2 aromatic heterocycles. The molecule has 9 heteroatoms. The third-order valence-corrected chi connectivity index (χ3v) is 5.84. The van der Waals surface area contributed by atoms with Crippen molar-refractivity contribution < 1.29 is 19.7 Å². The van der Waals surface area contributed by atoms with Crippen molar-refractivity contribution in [3.05, 3.63) is 66.2 Å². The number of hydrogen-bond acceptors (Lipinski definition) is 8. The number of carbonyl (C=O) groups excluding carboxylic acids is 1. The van der Waals surface area contributed by atoms with E-state index in [9.17, 15) is 15.0 Å². The summed E-state index contributed by atoms with van der Waals surface area (Å²) in [7, 11) is 0. The van der Waals surface area contributed by atoms with E-state index in [1.54, 1.807) is 19.2 Å². The fourth-order valence-electron chi connectivity index (χ4n) is 3.64. The van der Waals surface area contributed by atoms with Crippen molar-refractivity contribution in [2.75, 3.05) is 11.1 Å². The van der Waals surface area contributed by atoms with Gasteiger partial charge in [-0.1, -0.05) is 30.3 Å². The smallest absolute Gasteiger partial charge is 0.278 e. The van der Waals surface area contributed by atoms with Crippen LogP contribution in [0.1, 0.15) is 42.4 Å². The monoisotopic (exact) mass is 435 g/mol. The van der Waals surface area contributed by atoms with Crippen molar-refractivity contribution in [3.63, 3.8) is 0 Å². The number of nitrogen functional groups attached to an aromatic ring is 1. The zero-order valence-electron chi connectivity index (χ0n) is 17.8. The molecule has 0 bridgehead atoms. The summed E-state index contributed by atoms with van der Waals surface area (Å²) in [4.78, 5) is 25.6. The Morgan fingerprint density at radius 3 is 2.72 bits per heavy atom. The highest BCUT2D eigenvalue weighted by Crippen LogP contribution is 2.39. The van der Waals surface area contributed by atoms with Crippen LogP contribution in [-0.4, -0.2) is 48.9 Å². The Balaban J connectivity index is 1.61. The first-order chi connectivity index (χ1) is 15.3. The maximum absolute atomic E-state index is 13.0. The summed E-state index contributed by atoms with van der Waals surface area (Å²) >= 11 is 0. The van der Waals surface area contributed by atoms with Gasteiger partial charge in [-0.3, -0.25) is 9.78 Å². The van der Waals surface area contributed by atoms with Gasteiger partial charge in [0.2, 0.25) is 0 Å². The van der Waals surface area contributed by atoms with Crippen LogP contribution in [0.5, 0.6) is 0 Å². The third kappa shape index (κ3) is 4.18. The second-order valence-electron chi connectivity index (χ2n) is 8.02. The van der Waals surface area contributed by atoms with Gasteiger partial charge in [-0.15, -0.1) is 0 Å². The molecule has 1 aliphatic rings. The topological polar surface area (TPSA) is 143 Å². The lowest BCUT2D eigenvalue weighted by molar-refractivity contribution is -0.215. The highest BCUT2D eigenvalue weighted by atomic mass is 16.5. The number of amides is 1. The van der Waals surface area contributed by atoms with Crippen molar-refractivity contribution in [1.29, 1.82) is 0 Å². The van der Waals surface area contributed by atoms with Gasteiger partial charge in [0.05, 0.1) is 42.1 Å². The average molecular weight is 435 g/mol. The van der Waals surface area contributed by atoms with E-state index in [1.807, 2.05) is 30.3 Å². The van der Waals surface area contributed by atoms with Gasteiger partial charge in [-0.2, -0.15) is 0 Å². The Kier molecular flexibility index (Phi) is 5.88. The van der Waals surface area contributed by atoms with E-state index in [1.165, 1.54) is 19.3 Å². The molecule has 5 N–H and O–H groups in total. The first kappa shape index (κ1) is 21.8. The molecule has 0 radical (unpaired) electrons. The van der Waals surface area contributed by atoms with E-state index in [-0.39, 0.29) is 17.9 Å². The standard InChI is InChI=1S/C23H25N5O4/c1-13-23(2,31)19(29)10-18(32-13)15-8-9-25-11-17(15)28-22(30)20-21(24)26-12-16(27-20)14-6-4-3-5-7-14/h3-9,11-13,18-19,29,31H,10H2,1-2H3,(H2,24,26)(H,28,30)/t13-,18-,19-,23-/m1/s1. The van der Waals surface area contributed by atoms with Crippen molar-refractivity contribution in [3.8, 4) is 11.3 Å². The molecule has 0 spiro atoms. The molecule has 166 valence electrons. The van der Waals surface area contributed by atoms with Gasteiger partial charge in [-0.05, 0) is 19.9 Å². The van der Waals surface area contributed by atoms with Crippen LogP contribution >= 0.6 is 0 Å².